The molecule has 0 aliphatic carbocycles. The third-order valence-electron chi connectivity index (χ3n) is 3.25. The van der Waals surface area contributed by atoms with Crippen LogP contribution < -0.4 is 0 Å². The highest BCUT2D eigenvalue weighted by Gasteiger charge is 2.27. The van der Waals surface area contributed by atoms with Gasteiger partial charge in [0.15, 0.2) is 0 Å². The molecule has 1 aromatic carbocycles. The van der Waals surface area contributed by atoms with Gasteiger partial charge in [-0.3, -0.25) is 4.79 Å². The van der Waals surface area contributed by atoms with E-state index in [2.05, 4.69) is 22.9 Å². The summed E-state index contributed by atoms with van der Waals surface area (Å²) >= 11 is 3.47. The molecule has 1 saturated heterocycles. The average Bonchev–Trinajstić information content (AvgIpc) is 2.64. The molecule has 0 saturated carbocycles. The summed E-state index contributed by atoms with van der Waals surface area (Å²) in [6, 6.07) is 6.25. The van der Waals surface area contributed by atoms with Gasteiger partial charge < -0.3 is 4.90 Å². The SMILES string of the molecule is Cc1cccc(Br)c1C(=O)N1CCC[C@H]1C. The molecular weight excluding hydrogens is 266 g/mol. The van der Waals surface area contributed by atoms with Crippen molar-refractivity contribution < 1.29 is 4.79 Å². The molecule has 86 valence electrons. The summed E-state index contributed by atoms with van der Waals surface area (Å²) in [4.78, 5) is 14.4. The van der Waals surface area contributed by atoms with Gasteiger partial charge in [0.2, 0.25) is 0 Å². The number of benzene rings is 1. The van der Waals surface area contributed by atoms with E-state index in [0.29, 0.717) is 6.04 Å². The summed E-state index contributed by atoms with van der Waals surface area (Å²) in [7, 11) is 0. The molecule has 2 nitrogen and oxygen atoms in total. The molecule has 1 fully saturated rings. The Labute approximate surface area is 105 Å². The van der Waals surface area contributed by atoms with E-state index in [4.69, 9.17) is 0 Å². The van der Waals surface area contributed by atoms with Crippen LogP contribution in [0.1, 0.15) is 35.7 Å². The van der Waals surface area contributed by atoms with E-state index in [-0.39, 0.29) is 5.91 Å². The Morgan fingerprint density at radius 3 is 2.81 bits per heavy atom. The predicted molar refractivity (Wildman–Crippen MR) is 68.6 cm³/mol. The molecule has 1 aliphatic rings. The second-order valence-corrected chi connectivity index (χ2v) is 5.28. The van der Waals surface area contributed by atoms with Crippen molar-refractivity contribution in [2.45, 2.75) is 32.7 Å². The molecule has 16 heavy (non-hydrogen) atoms. The van der Waals surface area contributed by atoms with Crippen LogP contribution in [0.5, 0.6) is 0 Å². The molecule has 0 spiro atoms. The van der Waals surface area contributed by atoms with Crippen molar-refractivity contribution in [3.63, 3.8) is 0 Å². The van der Waals surface area contributed by atoms with Crippen LogP contribution in [0.4, 0.5) is 0 Å². The van der Waals surface area contributed by atoms with Crippen molar-refractivity contribution in [3.05, 3.63) is 33.8 Å². The summed E-state index contributed by atoms with van der Waals surface area (Å²) in [5.41, 5.74) is 1.86. The minimum Gasteiger partial charge on any atom is -0.336 e. The highest BCUT2D eigenvalue weighted by Crippen LogP contribution is 2.25. The second-order valence-electron chi connectivity index (χ2n) is 4.42. The lowest BCUT2D eigenvalue weighted by Crippen LogP contribution is -2.34. The standard InChI is InChI=1S/C13H16BrNO/c1-9-5-3-7-11(14)12(9)13(16)15-8-4-6-10(15)2/h3,5,7,10H,4,6,8H2,1-2H3/t10-/m1/s1. The molecule has 0 N–H and O–H groups in total. The van der Waals surface area contributed by atoms with Gasteiger partial charge in [0, 0.05) is 17.1 Å². The summed E-state index contributed by atoms with van der Waals surface area (Å²) in [5, 5.41) is 0. The summed E-state index contributed by atoms with van der Waals surface area (Å²) in [5.74, 6) is 0.162. The first-order valence-electron chi connectivity index (χ1n) is 5.67. The molecule has 0 aromatic heterocycles. The van der Waals surface area contributed by atoms with Crippen LogP contribution in [0.3, 0.4) is 0 Å². The van der Waals surface area contributed by atoms with E-state index in [9.17, 15) is 4.79 Å². The van der Waals surface area contributed by atoms with E-state index in [0.717, 1.165) is 35.0 Å². The molecule has 1 aromatic rings. The third kappa shape index (κ3) is 2.01. The molecule has 0 unspecified atom stereocenters. The van der Waals surface area contributed by atoms with Gasteiger partial charge in [-0.15, -0.1) is 0 Å². The maximum Gasteiger partial charge on any atom is 0.255 e. The van der Waals surface area contributed by atoms with Crippen LogP contribution >= 0.6 is 15.9 Å². The van der Waals surface area contributed by atoms with Crippen molar-refractivity contribution in [3.8, 4) is 0 Å². The Bertz CT molecular complexity index is 396. The topological polar surface area (TPSA) is 20.3 Å². The minimum atomic E-state index is 0.162. The summed E-state index contributed by atoms with van der Waals surface area (Å²) in [6.45, 7) is 5.00. The number of carbonyl (C=O) groups excluding carboxylic acids is 1. The van der Waals surface area contributed by atoms with E-state index >= 15 is 0 Å². The molecule has 1 heterocycles. The lowest BCUT2D eigenvalue weighted by Gasteiger charge is -2.23. The smallest absolute Gasteiger partial charge is 0.255 e. The number of hydrogen-bond donors (Lipinski definition) is 0. The van der Waals surface area contributed by atoms with Gasteiger partial charge >= 0.3 is 0 Å². The first-order chi connectivity index (χ1) is 7.61. The normalized spacial score (nSPS) is 20.2. The molecule has 1 atom stereocenters. The van der Waals surface area contributed by atoms with Gasteiger partial charge in [0.25, 0.3) is 5.91 Å². The first kappa shape index (κ1) is 11.6. The Morgan fingerprint density at radius 2 is 2.25 bits per heavy atom. The Kier molecular flexibility index (Phi) is 3.33. The quantitative estimate of drug-likeness (QED) is 0.773. The zero-order chi connectivity index (χ0) is 11.7. The van der Waals surface area contributed by atoms with Crippen LogP contribution in [0.2, 0.25) is 0 Å². The number of amides is 1. The monoisotopic (exact) mass is 281 g/mol. The van der Waals surface area contributed by atoms with E-state index in [1.54, 1.807) is 0 Å². The van der Waals surface area contributed by atoms with Gasteiger partial charge in [-0.1, -0.05) is 12.1 Å². The summed E-state index contributed by atoms with van der Waals surface area (Å²) < 4.78 is 0.900. The second kappa shape index (κ2) is 4.58. The fourth-order valence-electron chi connectivity index (χ4n) is 2.28. The molecule has 0 radical (unpaired) electrons. The van der Waals surface area contributed by atoms with Crippen molar-refractivity contribution >= 4 is 21.8 Å². The van der Waals surface area contributed by atoms with E-state index in [1.165, 1.54) is 0 Å². The van der Waals surface area contributed by atoms with Crippen LogP contribution in [0.25, 0.3) is 0 Å². The van der Waals surface area contributed by atoms with Crippen molar-refractivity contribution in [2.75, 3.05) is 6.54 Å². The average molecular weight is 282 g/mol. The lowest BCUT2D eigenvalue weighted by atomic mass is 10.1. The van der Waals surface area contributed by atoms with Crippen molar-refractivity contribution in [2.24, 2.45) is 0 Å². The maximum atomic E-state index is 12.4. The molecular formula is C13H16BrNO. The lowest BCUT2D eigenvalue weighted by molar-refractivity contribution is 0.0746. The number of likely N-dealkylation sites (tertiary alicyclic amines) is 1. The van der Waals surface area contributed by atoms with Gasteiger partial charge in [-0.05, 0) is 54.2 Å². The largest absolute Gasteiger partial charge is 0.336 e. The van der Waals surface area contributed by atoms with E-state index < -0.39 is 0 Å². The van der Waals surface area contributed by atoms with Crippen LogP contribution in [-0.2, 0) is 0 Å². The number of aryl methyl sites for hydroxylation is 1. The molecule has 1 aliphatic heterocycles. The number of hydrogen-bond acceptors (Lipinski definition) is 1. The fraction of sp³-hybridized carbons (Fsp3) is 0.462. The van der Waals surface area contributed by atoms with E-state index in [1.807, 2.05) is 30.0 Å². The first-order valence-corrected chi connectivity index (χ1v) is 6.46. The number of nitrogens with zero attached hydrogens (tertiary/aromatic N) is 1. The van der Waals surface area contributed by atoms with Gasteiger partial charge in [0.05, 0.1) is 5.56 Å². The zero-order valence-corrected chi connectivity index (χ0v) is 11.3. The number of carbonyl (C=O) groups is 1. The Morgan fingerprint density at radius 1 is 1.50 bits per heavy atom. The van der Waals surface area contributed by atoms with Crippen LogP contribution in [0.15, 0.2) is 22.7 Å². The third-order valence-corrected chi connectivity index (χ3v) is 3.91. The number of rotatable bonds is 1. The summed E-state index contributed by atoms with van der Waals surface area (Å²) in [6.07, 6.45) is 2.24. The van der Waals surface area contributed by atoms with Gasteiger partial charge in [0.1, 0.15) is 0 Å². The Balaban J connectivity index is 2.33. The predicted octanol–water partition coefficient (Wildman–Crippen LogP) is 3.38. The zero-order valence-electron chi connectivity index (χ0n) is 9.66. The van der Waals surface area contributed by atoms with Crippen LogP contribution in [-0.4, -0.2) is 23.4 Å². The van der Waals surface area contributed by atoms with Crippen molar-refractivity contribution in [1.29, 1.82) is 0 Å². The van der Waals surface area contributed by atoms with Crippen molar-refractivity contribution in [1.82, 2.24) is 4.90 Å². The molecule has 0 bridgehead atoms. The highest BCUT2D eigenvalue weighted by atomic mass is 79.9. The Hall–Kier alpha value is -0.830. The molecule has 3 heteroatoms. The van der Waals surface area contributed by atoms with Gasteiger partial charge in [-0.2, -0.15) is 0 Å². The number of halogens is 1. The minimum absolute atomic E-state index is 0.162. The maximum absolute atomic E-state index is 12.4. The fourth-order valence-corrected chi connectivity index (χ4v) is 2.92. The molecule has 2 rings (SSSR count). The highest BCUT2D eigenvalue weighted by molar-refractivity contribution is 9.10. The molecule has 1 amide bonds. The van der Waals surface area contributed by atoms with Gasteiger partial charge in [-0.25, -0.2) is 0 Å². The van der Waals surface area contributed by atoms with Crippen LogP contribution in [0, 0.1) is 6.92 Å².